The molecule has 0 heterocycles. The Labute approximate surface area is 179 Å². The van der Waals surface area contributed by atoms with E-state index in [0.717, 1.165) is 18.2 Å². The number of hydrogen-bond acceptors (Lipinski definition) is 8. The molecule has 0 aliphatic rings. The molecule has 12 nitrogen and oxygen atoms in total. The second-order valence-electron chi connectivity index (χ2n) is 6.08. The molecule has 1 atom stereocenters. The molecule has 31 heavy (non-hydrogen) atoms. The third kappa shape index (κ3) is 6.47. The Balaban J connectivity index is 1.90. The molecular formula is C18H15ClN4O8. The summed E-state index contributed by atoms with van der Waals surface area (Å²) in [6, 6.07) is 7.17. The lowest BCUT2D eigenvalue weighted by Gasteiger charge is -2.13. The molecule has 2 N–H and O–H groups in total. The number of nitro groups is 2. The fourth-order valence-corrected chi connectivity index (χ4v) is 2.43. The van der Waals surface area contributed by atoms with Gasteiger partial charge in [-0.1, -0.05) is 17.7 Å². The Kier molecular flexibility index (Phi) is 7.58. The summed E-state index contributed by atoms with van der Waals surface area (Å²) >= 11 is 5.87. The van der Waals surface area contributed by atoms with Gasteiger partial charge in [0, 0.05) is 29.8 Å². The second kappa shape index (κ2) is 10.1. The van der Waals surface area contributed by atoms with Crippen molar-refractivity contribution >= 4 is 46.4 Å². The fraction of sp³-hybridized carbons (Fsp3) is 0.167. The lowest BCUT2D eigenvalue weighted by atomic mass is 10.2. The lowest BCUT2D eigenvalue weighted by Crippen LogP contribution is -2.40. The minimum atomic E-state index is -1.17. The number of ether oxygens (including phenoxy) is 1. The Morgan fingerprint density at radius 2 is 1.71 bits per heavy atom. The number of hydrogen-bond donors (Lipinski definition) is 2. The molecule has 0 saturated carbocycles. The first-order valence-corrected chi connectivity index (χ1v) is 8.92. The van der Waals surface area contributed by atoms with Gasteiger partial charge < -0.3 is 15.4 Å². The van der Waals surface area contributed by atoms with Gasteiger partial charge in [0.05, 0.1) is 20.6 Å². The zero-order valence-electron chi connectivity index (χ0n) is 15.9. The summed E-state index contributed by atoms with van der Waals surface area (Å²) in [5.74, 6) is -2.51. The van der Waals surface area contributed by atoms with Crippen LogP contribution in [-0.4, -0.2) is 40.3 Å². The van der Waals surface area contributed by atoms with E-state index in [4.69, 9.17) is 16.3 Å². The first kappa shape index (κ1) is 23.2. The van der Waals surface area contributed by atoms with Crippen LogP contribution in [0.1, 0.15) is 17.3 Å². The smallest absolute Gasteiger partial charge is 0.328 e. The number of nitro benzene ring substituents is 2. The van der Waals surface area contributed by atoms with Crippen molar-refractivity contribution in [3.8, 4) is 0 Å². The highest BCUT2D eigenvalue weighted by Gasteiger charge is 2.21. The van der Waals surface area contributed by atoms with Crippen LogP contribution in [-0.2, 0) is 14.3 Å². The van der Waals surface area contributed by atoms with E-state index in [0.29, 0.717) is 0 Å². The Morgan fingerprint density at radius 1 is 1.06 bits per heavy atom. The summed E-state index contributed by atoms with van der Waals surface area (Å²) in [6.07, 6.45) is 0. The monoisotopic (exact) mass is 450 g/mol. The number of carbonyl (C=O) groups is 3. The number of anilines is 1. The molecule has 1 unspecified atom stereocenters. The molecule has 0 aliphatic heterocycles. The van der Waals surface area contributed by atoms with E-state index in [-0.39, 0.29) is 27.6 Å². The van der Waals surface area contributed by atoms with Crippen molar-refractivity contribution in [1.29, 1.82) is 0 Å². The largest absolute Gasteiger partial charge is 0.454 e. The van der Waals surface area contributed by atoms with Gasteiger partial charge in [-0.3, -0.25) is 29.8 Å². The van der Waals surface area contributed by atoms with Crippen LogP contribution in [0, 0.1) is 20.2 Å². The van der Waals surface area contributed by atoms with Crippen LogP contribution in [0.3, 0.4) is 0 Å². The van der Waals surface area contributed by atoms with E-state index in [1.807, 2.05) is 0 Å². The highest BCUT2D eigenvalue weighted by Crippen LogP contribution is 2.26. The van der Waals surface area contributed by atoms with Crippen molar-refractivity contribution in [3.05, 3.63) is 73.3 Å². The Hall–Kier alpha value is -4.06. The van der Waals surface area contributed by atoms with Crippen LogP contribution < -0.4 is 10.6 Å². The normalized spacial score (nSPS) is 11.2. The van der Waals surface area contributed by atoms with Crippen molar-refractivity contribution in [2.24, 2.45) is 0 Å². The molecule has 2 rings (SSSR count). The van der Waals surface area contributed by atoms with Gasteiger partial charge in [0.1, 0.15) is 6.04 Å². The van der Waals surface area contributed by atoms with Crippen LogP contribution in [0.25, 0.3) is 0 Å². The molecular weight excluding hydrogens is 436 g/mol. The highest BCUT2D eigenvalue weighted by atomic mass is 35.5. The van der Waals surface area contributed by atoms with Crippen LogP contribution in [0.2, 0.25) is 5.02 Å². The predicted molar refractivity (Wildman–Crippen MR) is 108 cm³/mol. The van der Waals surface area contributed by atoms with E-state index in [2.05, 4.69) is 10.6 Å². The Bertz CT molecular complexity index is 1060. The SMILES string of the molecule is CC(NC(=O)c1cccc([N+](=O)[O-])c1)C(=O)OCC(=O)Nc1cc([N+](=O)[O-])ccc1Cl. The van der Waals surface area contributed by atoms with Crippen LogP contribution in [0.5, 0.6) is 0 Å². The Morgan fingerprint density at radius 3 is 2.35 bits per heavy atom. The van der Waals surface area contributed by atoms with Gasteiger partial charge in [-0.05, 0) is 19.1 Å². The maximum Gasteiger partial charge on any atom is 0.328 e. The van der Waals surface area contributed by atoms with Crippen LogP contribution in [0.15, 0.2) is 42.5 Å². The summed E-state index contributed by atoms with van der Waals surface area (Å²) in [5, 5.41) is 26.2. The van der Waals surface area contributed by atoms with Gasteiger partial charge in [0.2, 0.25) is 0 Å². The standard InChI is InChI=1S/C18H15ClN4O8/c1-10(20-17(25)11-3-2-4-12(7-11)22(27)28)18(26)31-9-16(24)21-15-8-13(23(29)30)5-6-14(15)19/h2-8,10H,9H2,1H3,(H,20,25)(H,21,24). The molecule has 0 fully saturated rings. The molecule has 162 valence electrons. The molecule has 0 saturated heterocycles. The van der Waals surface area contributed by atoms with E-state index < -0.39 is 40.3 Å². The third-order valence-electron chi connectivity index (χ3n) is 3.80. The van der Waals surface area contributed by atoms with Gasteiger partial charge in [0.25, 0.3) is 23.2 Å². The molecule has 0 aliphatic carbocycles. The van der Waals surface area contributed by atoms with Gasteiger partial charge in [-0.15, -0.1) is 0 Å². The van der Waals surface area contributed by atoms with E-state index in [1.165, 1.54) is 31.2 Å². The van der Waals surface area contributed by atoms with Gasteiger partial charge >= 0.3 is 5.97 Å². The maximum atomic E-state index is 12.1. The van der Waals surface area contributed by atoms with Gasteiger partial charge in [-0.2, -0.15) is 0 Å². The lowest BCUT2D eigenvalue weighted by molar-refractivity contribution is -0.385. The van der Waals surface area contributed by atoms with Crippen molar-refractivity contribution in [1.82, 2.24) is 5.32 Å². The summed E-state index contributed by atoms with van der Waals surface area (Å²) in [4.78, 5) is 56.3. The fourth-order valence-electron chi connectivity index (χ4n) is 2.27. The van der Waals surface area contributed by atoms with Crippen molar-refractivity contribution in [3.63, 3.8) is 0 Å². The summed E-state index contributed by atoms with van der Waals surface area (Å²) in [7, 11) is 0. The van der Waals surface area contributed by atoms with E-state index >= 15 is 0 Å². The maximum absolute atomic E-state index is 12.1. The highest BCUT2D eigenvalue weighted by molar-refractivity contribution is 6.33. The van der Waals surface area contributed by atoms with Gasteiger partial charge in [0.15, 0.2) is 6.61 Å². The number of nitrogens with one attached hydrogen (secondary N) is 2. The van der Waals surface area contributed by atoms with Crippen molar-refractivity contribution in [2.75, 3.05) is 11.9 Å². The number of nitrogens with zero attached hydrogens (tertiary/aromatic N) is 2. The second-order valence-corrected chi connectivity index (χ2v) is 6.49. The number of halogens is 1. The molecule has 2 amide bonds. The summed E-state index contributed by atoms with van der Waals surface area (Å²) < 4.78 is 4.80. The molecule has 0 aromatic heterocycles. The number of non-ortho nitro benzene ring substituents is 2. The summed E-state index contributed by atoms with van der Waals surface area (Å²) in [6.45, 7) is 0.557. The summed E-state index contributed by atoms with van der Waals surface area (Å²) in [5.41, 5.74) is -0.663. The number of carbonyl (C=O) groups excluding carboxylic acids is 3. The quantitative estimate of drug-likeness (QED) is 0.350. The third-order valence-corrected chi connectivity index (χ3v) is 4.13. The zero-order valence-corrected chi connectivity index (χ0v) is 16.6. The zero-order chi connectivity index (χ0) is 23.1. The van der Waals surface area contributed by atoms with Crippen molar-refractivity contribution < 1.29 is 29.0 Å². The first-order valence-electron chi connectivity index (χ1n) is 8.54. The molecule has 2 aromatic carbocycles. The average molecular weight is 451 g/mol. The van der Waals surface area contributed by atoms with Crippen LogP contribution >= 0.6 is 11.6 Å². The topological polar surface area (TPSA) is 171 Å². The van der Waals surface area contributed by atoms with Crippen molar-refractivity contribution in [2.45, 2.75) is 13.0 Å². The minimum Gasteiger partial charge on any atom is -0.454 e. The average Bonchev–Trinajstić information content (AvgIpc) is 2.73. The molecule has 0 bridgehead atoms. The minimum absolute atomic E-state index is 0.0353. The van der Waals surface area contributed by atoms with Crippen LogP contribution in [0.4, 0.5) is 17.1 Å². The van der Waals surface area contributed by atoms with E-state index in [1.54, 1.807) is 0 Å². The predicted octanol–water partition coefficient (Wildman–Crippen LogP) is 2.46. The number of benzene rings is 2. The molecule has 2 aromatic rings. The first-order chi connectivity index (χ1) is 14.6. The number of amides is 2. The number of rotatable bonds is 8. The van der Waals surface area contributed by atoms with Gasteiger partial charge in [-0.25, -0.2) is 4.79 Å². The molecule has 0 radical (unpaired) electrons. The number of esters is 1. The molecule has 13 heteroatoms. The van der Waals surface area contributed by atoms with E-state index in [9.17, 15) is 34.6 Å². The molecule has 0 spiro atoms.